The number of hydrogen-bond donors (Lipinski definition) is 0. The van der Waals surface area contributed by atoms with Crippen molar-refractivity contribution in [1.82, 2.24) is 4.90 Å². The molecule has 1 saturated heterocycles. The first-order chi connectivity index (χ1) is 12.0. The number of thiophene rings is 1. The number of thioether (sulfide) groups is 1. The quantitative estimate of drug-likeness (QED) is 0.433. The van der Waals surface area contributed by atoms with Gasteiger partial charge in [-0.05, 0) is 36.0 Å². The summed E-state index contributed by atoms with van der Waals surface area (Å²) in [7, 11) is 0. The molecule has 0 spiro atoms. The van der Waals surface area contributed by atoms with E-state index in [-0.39, 0.29) is 28.3 Å². The third kappa shape index (κ3) is 4.06. The molecule has 1 aromatic heterocycles. The largest absolute Gasteiger partial charge is 0.492 e. The van der Waals surface area contributed by atoms with Gasteiger partial charge < -0.3 is 4.74 Å². The average molecular weight is 376 g/mol. The fourth-order valence-corrected chi connectivity index (χ4v) is 3.81. The second-order valence-corrected chi connectivity index (χ2v) is 7.01. The Morgan fingerprint density at radius 1 is 1.16 bits per heavy atom. The van der Waals surface area contributed by atoms with Gasteiger partial charge in [0.2, 0.25) is 0 Å². The van der Waals surface area contributed by atoms with Crippen LogP contribution in [0.25, 0.3) is 6.08 Å². The van der Waals surface area contributed by atoms with Gasteiger partial charge in [0.1, 0.15) is 12.4 Å². The molecule has 0 radical (unpaired) electrons. The monoisotopic (exact) mass is 376 g/mol. The van der Waals surface area contributed by atoms with E-state index in [1.807, 2.05) is 18.2 Å². The fourth-order valence-electron chi connectivity index (χ4n) is 2.11. The minimum absolute atomic E-state index is 0.0123. The predicted molar refractivity (Wildman–Crippen MR) is 95.6 cm³/mol. The normalized spacial score (nSPS) is 15.8. The molecule has 0 saturated carbocycles. The van der Waals surface area contributed by atoms with E-state index in [1.165, 1.54) is 12.1 Å². The van der Waals surface area contributed by atoms with Gasteiger partial charge in [0.25, 0.3) is 11.1 Å². The number of benzene rings is 1. The highest BCUT2D eigenvalue weighted by Gasteiger charge is 2.35. The van der Waals surface area contributed by atoms with Crippen LogP contribution in [0.5, 0.6) is 5.75 Å². The van der Waals surface area contributed by atoms with E-state index in [4.69, 9.17) is 4.74 Å². The van der Waals surface area contributed by atoms with Gasteiger partial charge in [-0.2, -0.15) is 0 Å². The molecule has 0 unspecified atom stereocenters. The Balaban J connectivity index is 1.63. The summed E-state index contributed by atoms with van der Waals surface area (Å²) in [6.45, 7) is 0.335. The molecule has 1 aliphatic heterocycles. The molecule has 0 aliphatic carbocycles. The molecule has 9 heteroatoms. The molecule has 1 aromatic carbocycles. The van der Waals surface area contributed by atoms with E-state index in [2.05, 4.69) is 0 Å². The Bertz CT molecular complexity index is 847. The summed E-state index contributed by atoms with van der Waals surface area (Å²) in [5.41, 5.74) is 0. The zero-order valence-corrected chi connectivity index (χ0v) is 14.4. The molecule has 128 valence electrons. The minimum Gasteiger partial charge on any atom is -0.492 e. The van der Waals surface area contributed by atoms with Gasteiger partial charge >= 0.3 is 5.00 Å². The molecular formula is C16H12N2O5S2. The van der Waals surface area contributed by atoms with E-state index in [9.17, 15) is 19.7 Å². The molecule has 2 aromatic rings. The Hall–Kier alpha value is -2.65. The number of rotatable bonds is 6. The lowest BCUT2D eigenvalue weighted by molar-refractivity contribution is -0.380. The molecule has 0 bridgehead atoms. The van der Waals surface area contributed by atoms with Gasteiger partial charge in [0.05, 0.1) is 16.4 Å². The van der Waals surface area contributed by atoms with Gasteiger partial charge in [0.15, 0.2) is 0 Å². The number of amides is 2. The number of carbonyl (C=O) groups excluding carboxylic acids is 2. The number of hydrogen-bond acceptors (Lipinski definition) is 7. The van der Waals surface area contributed by atoms with Crippen molar-refractivity contribution >= 4 is 45.3 Å². The van der Waals surface area contributed by atoms with Crippen LogP contribution >= 0.6 is 23.1 Å². The Morgan fingerprint density at radius 2 is 1.92 bits per heavy atom. The molecule has 0 N–H and O–H groups in total. The van der Waals surface area contributed by atoms with Crippen molar-refractivity contribution in [2.75, 3.05) is 13.2 Å². The SMILES string of the molecule is O=C1S/C(=C\c2ccc([N+](=O)[O-])s2)C(=O)N1CCOc1ccccc1. The van der Waals surface area contributed by atoms with Crippen LogP contribution in [0.2, 0.25) is 0 Å². The van der Waals surface area contributed by atoms with E-state index in [0.29, 0.717) is 10.6 Å². The standard InChI is InChI=1S/C16H12N2O5S2/c19-15-13(10-12-6-7-14(24-12)18(21)22)25-16(20)17(15)8-9-23-11-4-2-1-3-5-11/h1-7,10H,8-9H2/b13-10-. The van der Waals surface area contributed by atoms with Crippen molar-refractivity contribution in [3.05, 3.63) is 62.4 Å². The van der Waals surface area contributed by atoms with Crippen molar-refractivity contribution < 1.29 is 19.2 Å². The third-order valence-electron chi connectivity index (χ3n) is 3.27. The lowest BCUT2D eigenvalue weighted by Crippen LogP contribution is -2.32. The van der Waals surface area contributed by atoms with Gasteiger partial charge in [-0.25, -0.2) is 0 Å². The van der Waals surface area contributed by atoms with E-state index < -0.39 is 10.8 Å². The number of nitrogens with zero attached hydrogens (tertiary/aromatic N) is 2. The third-order valence-corrected chi connectivity index (χ3v) is 5.16. The van der Waals surface area contributed by atoms with Crippen LogP contribution in [-0.2, 0) is 4.79 Å². The molecule has 25 heavy (non-hydrogen) atoms. The molecule has 2 heterocycles. The Labute approximate surface area is 151 Å². The first-order valence-corrected chi connectivity index (χ1v) is 8.85. The van der Waals surface area contributed by atoms with Gasteiger partial charge in [-0.3, -0.25) is 24.6 Å². The summed E-state index contributed by atoms with van der Waals surface area (Å²) in [5.74, 6) is 0.249. The van der Waals surface area contributed by atoms with Gasteiger partial charge in [-0.1, -0.05) is 29.5 Å². The predicted octanol–water partition coefficient (Wildman–Crippen LogP) is 3.77. The van der Waals surface area contributed by atoms with Crippen molar-refractivity contribution in [2.24, 2.45) is 0 Å². The fraction of sp³-hybridized carbons (Fsp3) is 0.125. The average Bonchev–Trinajstić information content (AvgIpc) is 3.16. The van der Waals surface area contributed by atoms with E-state index >= 15 is 0 Å². The second kappa shape index (κ2) is 7.49. The zero-order chi connectivity index (χ0) is 17.8. The Kier molecular flexibility index (Phi) is 5.15. The maximum absolute atomic E-state index is 12.3. The van der Waals surface area contributed by atoms with Gasteiger partial charge in [-0.15, -0.1) is 0 Å². The zero-order valence-electron chi connectivity index (χ0n) is 12.8. The van der Waals surface area contributed by atoms with Crippen molar-refractivity contribution in [3.8, 4) is 5.75 Å². The van der Waals surface area contributed by atoms with Crippen molar-refractivity contribution in [3.63, 3.8) is 0 Å². The summed E-state index contributed by atoms with van der Waals surface area (Å²) in [4.78, 5) is 36.5. The lowest BCUT2D eigenvalue weighted by Gasteiger charge is -2.13. The highest BCUT2D eigenvalue weighted by molar-refractivity contribution is 8.18. The van der Waals surface area contributed by atoms with Crippen LogP contribution in [0.15, 0.2) is 47.4 Å². The summed E-state index contributed by atoms with van der Waals surface area (Å²) in [6, 6.07) is 12.0. The summed E-state index contributed by atoms with van der Waals surface area (Å²) < 4.78 is 5.50. The molecule has 2 amide bonds. The lowest BCUT2D eigenvalue weighted by atomic mass is 10.3. The first-order valence-electron chi connectivity index (χ1n) is 7.22. The molecule has 1 fully saturated rings. The highest BCUT2D eigenvalue weighted by atomic mass is 32.2. The summed E-state index contributed by atoms with van der Waals surface area (Å²) in [6.07, 6.45) is 1.50. The van der Waals surface area contributed by atoms with E-state index in [1.54, 1.807) is 18.2 Å². The van der Waals surface area contributed by atoms with Crippen LogP contribution in [0.4, 0.5) is 9.80 Å². The molecular weight excluding hydrogens is 364 g/mol. The molecule has 7 nitrogen and oxygen atoms in total. The summed E-state index contributed by atoms with van der Waals surface area (Å²) >= 11 is 1.77. The minimum atomic E-state index is -0.491. The number of para-hydroxylation sites is 1. The van der Waals surface area contributed by atoms with Gasteiger partial charge in [0, 0.05) is 10.9 Å². The maximum atomic E-state index is 12.3. The smallest absolute Gasteiger partial charge is 0.324 e. The maximum Gasteiger partial charge on any atom is 0.324 e. The number of imide groups is 1. The number of ether oxygens (including phenoxy) is 1. The molecule has 3 rings (SSSR count). The Morgan fingerprint density at radius 3 is 2.60 bits per heavy atom. The van der Waals surface area contributed by atoms with Crippen LogP contribution < -0.4 is 4.74 Å². The van der Waals surface area contributed by atoms with Crippen LogP contribution in [0.3, 0.4) is 0 Å². The summed E-state index contributed by atoms with van der Waals surface area (Å²) in [5, 5.41) is 10.3. The van der Waals surface area contributed by atoms with Crippen LogP contribution in [-0.4, -0.2) is 34.1 Å². The molecule has 1 aliphatic rings. The highest BCUT2D eigenvalue weighted by Crippen LogP contribution is 2.34. The van der Waals surface area contributed by atoms with Crippen LogP contribution in [0.1, 0.15) is 4.88 Å². The molecule has 0 atom stereocenters. The van der Waals surface area contributed by atoms with Crippen molar-refractivity contribution in [1.29, 1.82) is 0 Å². The number of carbonyl (C=O) groups is 2. The topological polar surface area (TPSA) is 89.8 Å². The second-order valence-electron chi connectivity index (χ2n) is 4.93. The van der Waals surface area contributed by atoms with Crippen molar-refractivity contribution in [2.45, 2.75) is 0 Å². The first kappa shape index (κ1) is 17.2. The van der Waals surface area contributed by atoms with E-state index in [0.717, 1.165) is 28.0 Å². The van der Waals surface area contributed by atoms with Crippen LogP contribution in [0, 0.1) is 10.1 Å². The number of nitro groups is 1.